The average Bonchev–Trinajstić information content (AvgIpc) is 2.99. The Morgan fingerprint density at radius 1 is 1.38 bits per heavy atom. The minimum atomic E-state index is -0.238. The molecule has 3 rings (SSSR count). The number of fused-ring (bicyclic) bond motifs is 1. The molecule has 0 saturated carbocycles. The van der Waals surface area contributed by atoms with Gasteiger partial charge in [-0.15, -0.1) is 0 Å². The first-order chi connectivity index (χ1) is 9.94. The Labute approximate surface area is 125 Å². The van der Waals surface area contributed by atoms with Crippen LogP contribution in [0.3, 0.4) is 0 Å². The van der Waals surface area contributed by atoms with E-state index in [9.17, 15) is 5.11 Å². The fraction of sp³-hybridized carbons (Fsp3) is 0.562. The summed E-state index contributed by atoms with van der Waals surface area (Å²) < 4.78 is 2.14. The topological polar surface area (TPSA) is 52.8 Å². The molecule has 1 unspecified atom stereocenters. The van der Waals surface area contributed by atoms with Crippen LogP contribution >= 0.6 is 0 Å². The summed E-state index contributed by atoms with van der Waals surface area (Å²) in [6, 6.07) is 6.06. The van der Waals surface area contributed by atoms with Crippen molar-refractivity contribution in [2.24, 2.45) is 0 Å². The Morgan fingerprint density at radius 3 is 2.86 bits per heavy atom. The van der Waals surface area contributed by atoms with E-state index in [1.807, 2.05) is 18.2 Å². The van der Waals surface area contributed by atoms with E-state index < -0.39 is 0 Å². The van der Waals surface area contributed by atoms with Crippen LogP contribution in [0.15, 0.2) is 24.4 Å². The lowest BCUT2D eigenvalue weighted by Gasteiger charge is -2.22. The summed E-state index contributed by atoms with van der Waals surface area (Å²) >= 11 is 0. The van der Waals surface area contributed by atoms with Crippen molar-refractivity contribution in [1.82, 2.24) is 14.7 Å². The van der Waals surface area contributed by atoms with E-state index in [1.54, 1.807) is 0 Å². The molecule has 1 aliphatic rings. The third-order valence-corrected chi connectivity index (χ3v) is 3.86. The van der Waals surface area contributed by atoms with Gasteiger partial charge in [-0.2, -0.15) is 0 Å². The molecule has 1 fully saturated rings. The number of β-amino-alcohol motifs (C(OH)–C–C–N with tert-alkyl or cyclic N) is 1. The molecule has 1 atom stereocenters. The number of nitrogens with one attached hydrogen (secondary N) is 1. The highest BCUT2D eigenvalue weighted by atomic mass is 16.3. The first kappa shape index (κ1) is 14.4. The standard InChI is InChI=1S/C16H24N4O/c1-16(2,3)17-10-13-15(19-9-7-12(21)11-19)18-14-6-4-5-8-20(13)14/h4-6,8,12,17,21H,7,9-11H2,1-3H3. The van der Waals surface area contributed by atoms with Crippen LogP contribution in [-0.2, 0) is 6.54 Å². The van der Waals surface area contributed by atoms with Gasteiger partial charge in [-0.05, 0) is 39.3 Å². The number of hydrogen-bond acceptors (Lipinski definition) is 4. The second-order valence-corrected chi connectivity index (χ2v) is 6.80. The highest BCUT2D eigenvalue weighted by molar-refractivity contribution is 5.56. The number of anilines is 1. The van der Waals surface area contributed by atoms with Gasteiger partial charge in [0.1, 0.15) is 5.65 Å². The number of aromatic nitrogens is 2. The lowest BCUT2D eigenvalue weighted by molar-refractivity contribution is 0.198. The molecule has 1 saturated heterocycles. The number of nitrogens with zero attached hydrogens (tertiary/aromatic N) is 3. The number of pyridine rings is 1. The molecule has 0 amide bonds. The maximum Gasteiger partial charge on any atom is 0.152 e. The normalized spacial score (nSPS) is 19.6. The molecule has 114 valence electrons. The predicted octanol–water partition coefficient (Wildman–Crippen LogP) is 1.79. The van der Waals surface area contributed by atoms with E-state index in [2.05, 4.69) is 41.6 Å². The Balaban J connectivity index is 1.97. The molecule has 2 N–H and O–H groups in total. The molecule has 0 aromatic carbocycles. The summed E-state index contributed by atoms with van der Waals surface area (Å²) in [7, 11) is 0. The summed E-state index contributed by atoms with van der Waals surface area (Å²) in [5.41, 5.74) is 2.18. The van der Waals surface area contributed by atoms with E-state index in [4.69, 9.17) is 4.98 Å². The smallest absolute Gasteiger partial charge is 0.152 e. The minimum absolute atomic E-state index is 0.0563. The van der Waals surface area contributed by atoms with Gasteiger partial charge in [-0.3, -0.25) is 0 Å². The van der Waals surface area contributed by atoms with Gasteiger partial charge in [0.05, 0.1) is 11.8 Å². The molecule has 3 heterocycles. The zero-order chi connectivity index (χ0) is 15.0. The monoisotopic (exact) mass is 288 g/mol. The van der Waals surface area contributed by atoms with E-state index in [0.717, 1.165) is 36.7 Å². The van der Waals surface area contributed by atoms with E-state index >= 15 is 0 Å². The number of hydrogen-bond donors (Lipinski definition) is 2. The SMILES string of the molecule is CC(C)(C)NCc1c(N2CCC(O)C2)nc2ccccn12. The van der Waals surface area contributed by atoms with Crippen LogP contribution < -0.4 is 10.2 Å². The van der Waals surface area contributed by atoms with Crippen molar-refractivity contribution in [2.75, 3.05) is 18.0 Å². The third-order valence-electron chi connectivity index (χ3n) is 3.86. The fourth-order valence-electron chi connectivity index (χ4n) is 2.73. The largest absolute Gasteiger partial charge is 0.391 e. The number of aliphatic hydroxyl groups is 1. The molecule has 5 nitrogen and oxygen atoms in total. The molecule has 2 aromatic heterocycles. The summed E-state index contributed by atoms with van der Waals surface area (Å²) in [5, 5.41) is 13.3. The Morgan fingerprint density at radius 2 is 2.19 bits per heavy atom. The Kier molecular flexibility index (Phi) is 3.63. The first-order valence-electron chi connectivity index (χ1n) is 7.58. The molecule has 21 heavy (non-hydrogen) atoms. The molecule has 0 radical (unpaired) electrons. The fourth-order valence-corrected chi connectivity index (χ4v) is 2.73. The summed E-state index contributed by atoms with van der Waals surface area (Å²) in [4.78, 5) is 6.96. The van der Waals surface area contributed by atoms with E-state index in [0.29, 0.717) is 6.54 Å². The van der Waals surface area contributed by atoms with Gasteiger partial charge in [-0.1, -0.05) is 6.07 Å². The van der Waals surface area contributed by atoms with Crippen molar-refractivity contribution in [3.8, 4) is 0 Å². The van der Waals surface area contributed by atoms with Crippen molar-refractivity contribution in [3.63, 3.8) is 0 Å². The van der Waals surface area contributed by atoms with E-state index in [-0.39, 0.29) is 11.6 Å². The second kappa shape index (κ2) is 5.31. The van der Waals surface area contributed by atoms with Gasteiger partial charge in [-0.25, -0.2) is 4.98 Å². The average molecular weight is 288 g/mol. The molecule has 5 heteroatoms. The van der Waals surface area contributed by atoms with Gasteiger partial charge < -0.3 is 19.7 Å². The molecule has 2 aromatic rings. The predicted molar refractivity (Wildman–Crippen MR) is 84.6 cm³/mol. The lowest BCUT2D eigenvalue weighted by atomic mass is 10.1. The van der Waals surface area contributed by atoms with Crippen LogP contribution in [0.5, 0.6) is 0 Å². The van der Waals surface area contributed by atoms with Crippen LogP contribution in [0.2, 0.25) is 0 Å². The van der Waals surface area contributed by atoms with Crippen molar-refractivity contribution in [2.45, 2.75) is 45.4 Å². The highest BCUT2D eigenvalue weighted by Gasteiger charge is 2.26. The maximum absolute atomic E-state index is 9.79. The summed E-state index contributed by atoms with van der Waals surface area (Å²) in [6.45, 7) is 8.79. The van der Waals surface area contributed by atoms with Gasteiger partial charge in [0, 0.05) is 31.4 Å². The second-order valence-electron chi connectivity index (χ2n) is 6.80. The third kappa shape index (κ3) is 3.04. The summed E-state index contributed by atoms with van der Waals surface area (Å²) in [6.07, 6.45) is 2.64. The molecular weight excluding hydrogens is 264 g/mol. The van der Waals surface area contributed by atoms with Crippen LogP contribution in [0.25, 0.3) is 5.65 Å². The van der Waals surface area contributed by atoms with Gasteiger partial charge in [0.25, 0.3) is 0 Å². The number of aliphatic hydroxyl groups excluding tert-OH is 1. The summed E-state index contributed by atoms with van der Waals surface area (Å²) in [5.74, 6) is 0.995. The highest BCUT2D eigenvalue weighted by Crippen LogP contribution is 2.25. The van der Waals surface area contributed by atoms with Gasteiger partial charge in [0.2, 0.25) is 0 Å². The van der Waals surface area contributed by atoms with Gasteiger partial charge >= 0.3 is 0 Å². The molecule has 1 aliphatic heterocycles. The van der Waals surface area contributed by atoms with Crippen LogP contribution in [0.4, 0.5) is 5.82 Å². The molecule has 0 spiro atoms. The molecule has 0 aliphatic carbocycles. The van der Waals surface area contributed by atoms with Crippen molar-refractivity contribution >= 4 is 11.5 Å². The van der Waals surface area contributed by atoms with Gasteiger partial charge in [0.15, 0.2) is 5.82 Å². The van der Waals surface area contributed by atoms with Crippen molar-refractivity contribution < 1.29 is 5.11 Å². The van der Waals surface area contributed by atoms with Crippen molar-refractivity contribution in [3.05, 3.63) is 30.1 Å². The Hall–Kier alpha value is -1.59. The molecular formula is C16H24N4O. The van der Waals surface area contributed by atoms with Crippen molar-refractivity contribution in [1.29, 1.82) is 0 Å². The number of imidazole rings is 1. The van der Waals surface area contributed by atoms with Crippen LogP contribution in [-0.4, -0.2) is 39.2 Å². The van der Waals surface area contributed by atoms with Crippen LogP contribution in [0, 0.1) is 0 Å². The Bertz CT molecular complexity index is 629. The zero-order valence-corrected chi connectivity index (χ0v) is 13.0. The van der Waals surface area contributed by atoms with Crippen LogP contribution in [0.1, 0.15) is 32.9 Å². The molecule has 0 bridgehead atoms. The maximum atomic E-state index is 9.79. The zero-order valence-electron chi connectivity index (χ0n) is 13.0. The minimum Gasteiger partial charge on any atom is -0.391 e. The quantitative estimate of drug-likeness (QED) is 0.904. The first-order valence-corrected chi connectivity index (χ1v) is 7.58. The number of rotatable bonds is 3. The van der Waals surface area contributed by atoms with E-state index in [1.165, 1.54) is 0 Å². The lowest BCUT2D eigenvalue weighted by Crippen LogP contribution is -2.36.